The largest absolute Gasteiger partial charge is 0.493 e. The number of nitrogens with zero attached hydrogens (tertiary/aromatic N) is 1. The van der Waals surface area contributed by atoms with Gasteiger partial charge >= 0.3 is 11.8 Å². The summed E-state index contributed by atoms with van der Waals surface area (Å²) in [6.45, 7) is 5.46. The Labute approximate surface area is 219 Å². The first-order valence-corrected chi connectivity index (χ1v) is 11.6. The minimum absolute atomic E-state index is 0.170. The van der Waals surface area contributed by atoms with Gasteiger partial charge in [0, 0.05) is 11.4 Å². The lowest BCUT2D eigenvalue weighted by Crippen LogP contribution is -2.32. The summed E-state index contributed by atoms with van der Waals surface area (Å²) in [6, 6.07) is 15.8. The van der Waals surface area contributed by atoms with Crippen molar-refractivity contribution in [3.63, 3.8) is 0 Å². The van der Waals surface area contributed by atoms with Gasteiger partial charge in [-0.2, -0.15) is 5.10 Å². The van der Waals surface area contributed by atoms with Crippen molar-refractivity contribution in [2.24, 2.45) is 5.10 Å². The van der Waals surface area contributed by atoms with Crippen molar-refractivity contribution in [3.8, 4) is 11.5 Å². The third-order valence-electron chi connectivity index (χ3n) is 5.12. The highest BCUT2D eigenvalue weighted by Gasteiger charge is 2.15. The Bertz CT molecular complexity index is 1360. The minimum Gasteiger partial charge on any atom is -0.493 e. The molecule has 0 atom stereocenters. The number of carbonyl (C=O) groups excluding carboxylic acids is 3. The standard InChI is InChI=1S/C27H27ClN4O5/c1-16-6-5-7-20(11-16)30-26(34)27(35)32-29-14-19-12-21(28)25(23(13-19)36-4)37-15-24(33)31-22-9-8-17(2)10-18(22)3/h5-14H,15H2,1-4H3,(H,30,34)(H,31,33)(H,32,35)/b29-14-. The summed E-state index contributed by atoms with van der Waals surface area (Å²) in [5.74, 6) is -1.72. The second-order valence-corrected chi connectivity index (χ2v) is 8.62. The topological polar surface area (TPSA) is 118 Å². The lowest BCUT2D eigenvalue weighted by atomic mass is 10.1. The zero-order chi connectivity index (χ0) is 26.9. The van der Waals surface area contributed by atoms with E-state index >= 15 is 0 Å². The highest BCUT2D eigenvalue weighted by molar-refractivity contribution is 6.39. The molecule has 0 radical (unpaired) electrons. The fourth-order valence-corrected chi connectivity index (χ4v) is 3.63. The van der Waals surface area contributed by atoms with Gasteiger partial charge in [0.2, 0.25) is 0 Å². The van der Waals surface area contributed by atoms with Crippen LogP contribution in [0.5, 0.6) is 11.5 Å². The first-order chi connectivity index (χ1) is 17.7. The number of amides is 3. The molecule has 3 aromatic carbocycles. The lowest BCUT2D eigenvalue weighted by molar-refractivity contribution is -0.136. The quantitative estimate of drug-likeness (QED) is 0.230. The van der Waals surface area contributed by atoms with Crippen molar-refractivity contribution in [1.82, 2.24) is 5.43 Å². The van der Waals surface area contributed by atoms with E-state index in [9.17, 15) is 14.4 Å². The number of nitrogens with one attached hydrogen (secondary N) is 3. The number of benzene rings is 3. The molecule has 3 rings (SSSR count). The molecule has 10 heteroatoms. The van der Waals surface area contributed by atoms with Crippen molar-refractivity contribution >= 4 is 46.9 Å². The highest BCUT2D eigenvalue weighted by atomic mass is 35.5. The Hall–Kier alpha value is -4.37. The van der Waals surface area contributed by atoms with E-state index in [2.05, 4.69) is 21.2 Å². The Morgan fingerprint density at radius 3 is 2.41 bits per heavy atom. The molecule has 3 N–H and O–H groups in total. The average Bonchev–Trinajstić information content (AvgIpc) is 2.84. The number of hydrazone groups is 1. The third-order valence-corrected chi connectivity index (χ3v) is 5.40. The monoisotopic (exact) mass is 522 g/mol. The van der Waals surface area contributed by atoms with Gasteiger partial charge in [0.15, 0.2) is 18.1 Å². The van der Waals surface area contributed by atoms with E-state index in [0.29, 0.717) is 16.9 Å². The van der Waals surface area contributed by atoms with E-state index in [1.54, 1.807) is 24.3 Å². The minimum atomic E-state index is -0.939. The second kappa shape index (κ2) is 12.5. The molecular weight excluding hydrogens is 496 g/mol. The van der Waals surface area contributed by atoms with Crippen molar-refractivity contribution in [2.75, 3.05) is 24.4 Å². The van der Waals surface area contributed by atoms with E-state index in [0.717, 1.165) is 16.7 Å². The first-order valence-electron chi connectivity index (χ1n) is 11.2. The Morgan fingerprint density at radius 2 is 1.70 bits per heavy atom. The van der Waals surface area contributed by atoms with Gasteiger partial charge in [0.25, 0.3) is 5.91 Å². The molecule has 0 saturated heterocycles. The molecule has 192 valence electrons. The van der Waals surface area contributed by atoms with Crippen LogP contribution in [0.25, 0.3) is 0 Å². The summed E-state index contributed by atoms with van der Waals surface area (Å²) in [5.41, 5.74) is 6.79. The Kier molecular flexibility index (Phi) is 9.23. The Morgan fingerprint density at radius 1 is 0.946 bits per heavy atom. The molecule has 3 amide bonds. The summed E-state index contributed by atoms with van der Waals surface area (Å²) in [7, 11) is 1.42. The maximum atomic E-state index is 12.4. The lowest BCUT2D eigenvalue weighted by Gasteiger charge is -2.14. The number of rotatable bonds is 8. The summed E-state index contributed by atoms with van der Waals surface area (Å²) < 4.78 is 11.0. The number of hydrogen-bond donors (Lipinski definition) is 3. The van der Waals surface area contributed by atoms with Crippen LogP contribution < -0.4 is 25.5 Å². The number of anilines is 2. The van der Waals surface area contributed by atoms with Gasteiger partial charge in [-0.3, -0.25) is 14.4 Å². The van der Waals surface area contributed by atoms with Crippen LogP contribution in [-0.2, 0) is 14.4 Å². The van der Waals surface area contributed by atoms with Gasteiger partial charge in [0.05, 0.1) is 18.3 Å². The summed E-state index contributed by atoms with van der Waals surface area (Å²) in [6.07, 6.45) is 1.29. The molecule has 0 unspecified atom stereocenters. The van der Waals surface area contributed by atoms with Crippen LogP contribution in [0.2, 0.25) is 5.02 Å². The molecule has 0 heterocycles. The Balaban J connectivity index is 1.59. The van der Waals surface area contributed by atoms with E-state index in [1.807, 2.05) is 45.0 Å². The van der Waals surface area contributed by atoms with Gasteiger partial charge in [-0.1, -0.05) is 41.4 Å². The van der Waals surface area contributed by atoms with Gasteiger partial charge in [-0.05, 0) is 67.8 Å². The predicted molar refractivity (Wildman–Crippen MR) is 144 cm³/mol. The number of hydrogen-bond acceptors (Lipinski definition) is 6. The van der Waals surface area contributed by atoms with Gasteiger partial charge in [-0.15, -0.1) is 0 Å². The van der Waals surface area contributed by atoms with Gasteiger partial charge in [0.1, 0.15) is 0 Å². The van der Waals surface area contributed by atoms with Crippen molar-refractivity contribution in [1.29, 1.82) is 0 Å². The van der Waals surface area contributed by atoms with E-state index in [4.69, 9.17) is 21.1 Å². The SMILES string of the molecule is COc1cc(/C=N\NC(=O)C(=O)Nc2cccc(C)c2)cc(Cl)c1OCC(=O)Nc1ccc(C)cc1C. The van der Waals surface area contributed by atoms with Crippen LogP contribution in [0.4, 0.5) is 11.4 Å². The first kappa shape index (κ1) is 27.2. The highest BCUT2D eigenvalue weighted by Crippen LogP contribution is 2.36. The fraction of sp³-hybridized carbons (Fsp3) is 0.185. The zero-order valence-corrected chi connectivity index (χ0v) is 21.6. The van der Waals surface area contributed by atoms with Crippen molar-refractivity contribution in [3.05, 3.63) is 81.9 Å². The summed E-state index contributed by atoms with van der Waals surface area (Å²) in [5, 5.41) is 9.26. The van der Waals surface area contributed by atoms with E-state index in [-0.39, 0.29) is 29.0 Å². The van der Waals surface area contributed by atoms with Crippen LogP contribution >= 0.6 is 11.6 Å². The molecule has 0 bridgehead atoms. The molecule has 0 aliphatic carbocycles. The number of ether oxygens (including phenoxy) is 2. The van der Waals surface area contributed by atoms with Crippen LogP contribution in [0, 0.1) is 20.8 Å². The molecule has 0 fully saturated rings. The van der Waals surface area contributed by atoms with Crippen LogP contribution in [0.15, 0.2) is 59.7 Å². The molecule has 37 heavy (non-hydrogen) atoms. The molecule has 0 aromatic heterocycles. The number of aryl methyl sites for hydroxylation is 3. The second-order valence-electron chi connectivity index (χ2n) is 8.21. The molecule has 3 aromatic rings. The third kappa shape index (κ3) is 7.81. The molecule has 9 nitrogen and oxygen atoms in total. The molecule has 0 aliphatic heterocycles. The zero-order valence-electron chi connectivity index (χ0n) is 20.8. The molecule has 0 aliphatic rings. The van der Waals surface area contributed by atoms with Crippen molar-refractivity contribution in [2.45, 2.75) is 20.8 Å². The maximum absolute atomic E-state index is 12.4. The molecule has 0 saturated carbocycles. The van der Waals surface area contributed by atoms with Crippen molar-refractivity contribution < 1.29 is 23.9 Å². The summed E-state index contributed by atoms with van der Waals surface area (Å²) in [4.78, 5) is 36.5. The van der Waals surface area contributed by atoms with Crippen LogP contribution in [0.3, 0.4) is 0 Å². The van der Waals surface area contributed by atoms with Crippen LogP contribution in [-0.4, -0.2) is 37.7 Å². The number of halogens is 1. The number of carbonyl (C=O) groups is 3. The smallest absolute Gasteiger partial charge is 0.329 e. The fourth-order valence-electron chi connectivity index (χ4n) is 3.36. The predicted octanol–water partition coefficient (Wildman–Crippen LogP) is 4.38. The average molecular weight is 523 g/mol. The molecular formula is C27H27ClN4O5. The van der Waals surface area contributed by atoms with Gasteiger partial charge < -0.3 is 20.1 Å². The maximum Gasteiger partial charge on any atom is 0.329 e. The van der Waals surface area contributed by atoms with Crippen LogP contribution in [0.1, 0.15) is 22.3 Å². The van der Waals surface area contributed by atoms with E-state index < -0.39 is 11.8 Å². The van der Waals surface area contributed by atoms with E-state index in [1.165, 1.54) is 19.4 Å². The normalized spacial score (nSPS) is 10.6. The summed E-state index contributed by atoms with van der Waals surface area (Å²) >= 11 is 6.34. The number of methoxy groups -OCH3 is 1. The van der Waals surface area contributed by atoms with Gasteiger partial charge in [-0.25, -0.2) is 5.43 Å². The molecule has 0 spiro atoms.